The van der Waals surface area contributed by atoms with Crippen molar-refractivity contribution in [2.24, 2.45) is 0 Å². The third-order valence-corrected chi connectivity index (χ3v) is 4.73. The topological polar surface area (TPSA) is 78.5 Å². The molecule has 0 saturated carbocycles. The average Bonchev–Trinajstić information content (AvgIpc) is 2.96. The number of carbonyl (C=O) groups is 3. The number of hydrazine groups is 1. The Labute approximate surface area is 162 Å². The number of nitrogens with one attached hydrogen (secondary N) is 2. The van der Waals surface area contributed by atoms with Gasteiger partial charge >= 0.3 is 0 Å². The number of halogens is 1. The van der Waals surface area contributed by atoms with Crippen molar-refractivity contribution in [2.45, 2.75) is 31.7 Å². The third-order valence-electron chi connectivity index (χ3n) is 4.50. The number of hydrogen-bond donors (Lipinski definition) is 2. The summed E-state index contributed by atoms with van der Waals surface area (Å²) in [6.45, 7) is 1.83. The standard InChI is InChI=1S/C20H20ClN3O3/c1-13(22-23-18(26)8-5-11-25)19-16-10-9-14(21)12-17(16)24(20(19)27)15-6-3-2-4-7-15/h2-4,6-7,9-13,19,22H,5,8H2,1H3,(H,23,26). The van der Waals surface area contributed by atoms with Crippen LogP contribution in [-0.4, -0.2) is 24.1 Å². The first-order valence-corrected chi connectivity index (χ1v) is 9.07. The van der Waals surface area contributed by atoms with Crippen LogP contribution in [0, 0.1) is 0 Å². The van der Waals surface area contributed by atoms with Crippen molar-refractivity contribution in [1.29, 1.82) is 0 Å². The fourth-order valence-electron chi connectivity index (χ4n) is 3.22. The summed E-state index contributed by atoms with van der Waals surface area (Å²) in [4.78, 5) is 37.0. The van der Waals surface area contributed by atoms with Gasteiger partial charge in [0.25, 0.3) is 0 Å². The summed E-state index contributed by atoms with van der Waals surface area (Å²) in [5, 5.41) is 0.547. The first-order valence-electron chi connectivity index (χ1n) is 8.69. The fraction of sp³-hybridized carbons (Fsp3) is 0.250. The highest BCUT2D eigenvalue weighted by atomic mass is 35.5. The smallest absolute Gasteiger partial charge is 0.240 e. The van der Waals surface area contributed by atoms with Crippen molar-refractivity contribution in [3.63, 3.8) is 0 Å². The number of benzene rings is 2. The molecule has 0 saturated heterocycles. The van der Waals surface area contributed by atoms with Gasteiger partial charge in [0.15, 0.2) is 0 Å². The predicted octanol–water partition coefficient (Wildman–Crippen LogP) is 3.09. The molecule has 27 heavy (non-hydrogen) atoms. The minimum Gasteiger partial charge on any atom is -0.303 e. The van der Waals surface area contributed by atoms with Crippen molar-refractivity contribution in [1.82, 2.24) is 10.9 Å². The quantitative estimate of drug-likeness (QED) is 0.567. The van der Waals surface area contributed by atoms with Crippen LogP contribution in [0.15, 0.2) is 48.5 Å². The molecule has 2 amide bonds. The summed E-state index contributed by atoms with van der Waals surface area (Å²) in [7, 11) is 0. The lowest BCUT2D eigenvalue weighted by Crippen LogP contribution is -2.47. The van der Waals surface area contributed by atoms with E-state index in [1.54, 1.807) is 17.0 Å². The molecule has 0 aliphatic carbocycles. The SMILES string of the molecule is CC(NNC(=O)CCC=O)C1C(=O)N(c2ccccc2)c2cc(Cl)ccc21. The Morgan fingerprint density at radius 3 is 2.70 bits per heavy atom. The molecule has 2 aromatic rings. The summed E-state index contributed by atoms with van der Waals surface area (Å²) in [5.41, 5.74) is 7.81. The second kappa shape index (κ2) is 8.33. The van der Waals surface area contributed by atoms with Gasteiger partial charge in [-0.15, -0.1) is 0 Å². The molecule has 2 unspecified atom stereocenters. The molecule has 0 radical (unpaired) electrons. The number of fused-ring (bicyclic) bond motifs is 1. The maximum atomic E-state index is 13.2. The number of para-hydroxylation sites is 1. The highest BCUT2D eigenvalue weighted by Gasteiger charge is 2.41. The van der Waals surface area contributed by atoms with Gasteiger partial charge in [0.1, 0.15) is 6.29 Å². The van der Waals surface area contributed by atoms with E-state index in [2.05, 4.69) is 10.9 Å². The lowest BCUT2D eigenvalue weighted by molar-refractivity contribution is -0.124. The van der Waals surface area contributed by atoms with Gasteiger partial charge < -0.3 is 4.79 Å². The zero-order chi connectivity index (χ0) is 19.4. The molecule has 0 bridgehead atoms. The van der Waals surface area contributed by atoms with E-state index in [1.165, 1.54) is 0 Å². The van der Waals surface area contributed by atoms with Crippen molar-refractivity contribution in [3.8, 4) is 0 Å². The number of carbonyl (C=O) groups excluding carboxylic acids is 3. The largest absolute Gasteiger partial charge is 0.303 e. The van der Waals surface area contributed by atoms with Gasteiger partial charge in [-0.3, -0.25) is 19.9 Å². The number of nitrogens with zero attached hydrogens (tertiary/aromatic N) is 1. The van der Waals surface area contributed by atoms with Crippen LogP contribution in [0.25, 0.3) is 0 Å². The number of anilines is 2. The van der Waals surface area contributed by atoms with E-state index in [0.717, 1.165) is 16.9 Å². The molecule has 1 heterocycles. The molecule has 1 aliphatic rings. The number of amides is 2. The summed E-state index contributed by atoms with van der Waals surface area (Å²) >= 11 is 6.16. The molecular weight excluding hydrogens is 366 g/mol. The molecule has 0 aromatic heterocycles. The van der Waals surface area contributed by atoms with Gasteiger partial charge in [-0.2, -0.15) is 0 Å². The van der Waals surface area contributed by atoms with Crippen molar-refractivity contribution in [3.05, 3.63) is 59.1 Å². The molecule has 2 atom stereocenters. The zero-order valence-electron chi connectivity index (χ0n) is 14.8. The highest BCUT2D eigenvalue weighted by molar-refractivity contribution is 6.31. The number of rotatable bonds is 7. The summed E-state index contributed by atoms with van der Waals surface area (Å²) in [6.07, 6.45) is 0.957. The second-order valence-electron chi connectivity index (χ2n) is 6.38. The molecule has 2 aromatic carbocycles. The summed E-state index contributed by atoms with van der Waals surface area (Å²) in [6, 6.07) is 14.4. The van der Waals surface area contributed by atoms with Gasteiger partial charge in [0, 0.05) is 29.6 Å². The van der Waals surface area contributed by atoms with E-state index in [9.17, 15) is 14.4 Å². The van der Waals surface area contributed by atoms with Crippen molar-refractivity contribution < 1.29 is 14.4 Å². The van der Waals surface area contributed by atoms with E-state index in [0.29, 0.717) is 11.3 Å². The van der Waals surface area contributed by atoms with E-state index in [1.807, 2.05) is 43.3 Å². The summed E-state index contributed by atoms with van der Waals surface area (Å²) < 4.78 is 0. The van der Waals surface area contributed by atoms with Crippen LogP contribution in [-0.2, 0) is 14.4 Å². The Bertz CT molecular complexity index is 857. The van der Waals surface area contributed by atoms with Crippen LogP contribution in [0.3, 0.4) is 0 Å². The molecule has 1 aliphatic heterocycles. The Hall–Kier alpha value is -2.70. The molecule has 0 fully saturated rings. The predicted molar refractivity (Wildman–Crippen MR) is 104 cm³/mol. The van der Waals surface area contributed by atoms with Gasteiger partial charge in [0.05, 0.1) is 11.6 Å². The van der Waals surface area contributed by atoms with E-state index in [-0.39, 0.29) is 30.7 Å². The van der Waals surface area contributed by atoms with Crippen molar-refractivity contribution >= 4 is 41.1 Å². The Morgan fingerprint density at radius 2 is 2.00 bits per heavy atom. The van der Waals surface area contributed by atoms with Gasteiger partial charge in [-0.25, -0.2) is 5.43 Å². The lowest BCUT2D eigenvalue weighted by Gasteiger charge is -2.22. The number of hydrogen-bond acceptors (Lipinski definition) is 4. The highest BCUT2D eigenvalue weighted by Crippen LogP contribution is 2.44. The van der Waals surface area contributed by atoms with Gasteiger partial charge in [-0.1, -0.05) is 35.9 Å². The van der Waals surface area contributed by atoms with Crippen LogP contribution in [0.1, 0.15) is 31.2 Å². The van der Waals surface area contributed by atoms with Crippen LogP contribution < -0.4 is 15.8 Å². The van der Waals surface area contributed by atoms with Crippen LogP contribution in [0.5, 0.6) is 0 Å². The van der Waals surface area contributed by atoms with Gasteiger partial charge in [-0.05, 0) is 36.8 Å². The summed E-state index contributed by atoms with van der Waals surface area (Å²) in [5.74, 6) is -0.875. The molecule has 3 rings (SSSR count). The Balaban J connectivity index is 1.85. The minimum absolute atomic E-state index is 0.0967. The normalized spacial score (nSPS) is 16.7. The van der Waals surface area contributed by atoms with Crippen LogP contribution in [0.2, 0.25) is 5.02 Å². The Morgan fingerprint density at radius 1 is 1.26 bits per heavy atom. The van der Waals surface area contributed by atoms with Crippen LogP contribution >= 0.6 is 11.6 Å². The average molecular weight is 386 g/mol. The number of aldehydes is 1. The van der Waals surface area contributed by atoms with Crippen molar-refractivity contribution in [2.75, 3.05) is 4.90 Å². The third kappa shape index (κ3) is 4.02. The maximum absolute atomic E-state index is 13.2. The molecule has 140 valence electrons. The second-order valence-corrected chi connectivity index (χ2v) is 6.81. The van der Waals surface area contributed by atoms with E-state index < -0.39 is 5.92 Å². The lowest BCUT2D eigenvalue weighted by atomic mass is 9.94. The molecular formula is C20H20ClN3O3. The first-order chi connectivity index (χ1) is 13.0. The first kappa shape index (κ1) is 19.1. The molecule has 2 N–H and O–H groups in total. The van der Waals surface area contributed by atoms with Crippen LogP contribution in [0.4, 0.5) is 11.4 Å². The molecule has 6 nitrogen and oxygen atoms in total. The van der Waals surface area contributed by atoms with E-state index >= 15 is 0 Å². The van der Waals surface area contributed by atoms with E-state index in [4.69, 9.17) is 11.6 Å². The van der Waals surface area contributed by atoms with Gasteiger partial charge in [0.2, 0.25) is 11.8 Å². The fourth-order valence-corrected chi connectivity index (χ4v) is 3.39. The molecule has 7 heteroatoms. The molecule has 0 spiro atoms. The Kier molecular flexibility index (Phi) is 5.88. The maximum Gasteiger partial charge on any atom is 0.240 e. The monoisotopic (exact) mass is 385 g/mol. The zero-order valence-corrected chi connectivity index (χ0v) is 15.6. The minimum atomic E-state index is -0.483.